The molecule has 1 unspecified atom stereocenters. The number of piperidine rings is 1. The molecule has 1 aliphatic heterocycles. The summed E-state index contributed by atoms with van der Waals surface area (Å²) in [5.41, 5.74) is 2.01. The fourth-order valence-corrected chi connectivity index (χ4v) is 2.35. The van der Waals surface area contributed by atoms with Gasteiger partial charge in [-0.25, -0.2) is 0 Å². The zero-order valence-electron chi connectivity index (χ0n) is 10.3. The van der Waals surface area contributed by atoms with E-state index < -0.39 is 0 Å². The quantitative estimate of drug-likeness (QED) is 0.872. The van der Waals surface area contributed by atoms with Gasteiger partial charge in [-0.05, 0) is 44.0 Å². The van der Waals surface area contributed by atoms with E-state index in [1.165, 1.54) is 12.0 Å². The van der Waals surface area contributed by atoms with E-state index in [4.69, 9.17) is 0 Å². The van der Waals surface area contributed by atoms with Crippen LogP contribution in [0.5, 0.6) is 0 Å². The predicted molar refractivity (Wildman–Crippen MR) is 80.4 cm³/mol. The lowest BCUT2D eigenvalue weighted by Crippen LogP contribution is -2.43. The molecule has 0 bridgehead atoms. The molecule has 1 aliphatic rings. The second-order valence-electron chi connectivity index (χ2n) is 4.46. The summed E-state index contributed by atoms with van der Waals surface area (Å²) in [7, 11) is 0. The Morgan fingerprint density at radius 3 is 2.83 bits per heavy atom. The molecule has 0 aliphatic carbocycles. The first-order valence-corrected chi connectivity index (χ1v) is 6.76. The van der Waals surface area contributed by atoms with Crippen LogP contribution in [-0.2, 0) is 4.79 Å². The minimum absolute atomic E-state index is 0. The summed E-state index contributed by atoms with van der Waals surface area (Å²) in [4.78, 5) is 12.0. The van der Waals surface area contributed by atoms with E-state index in [1.807, 2.05) is 25.1 Å². The Kier molecular flexibility index (Phi) is 6.12. The summed E-state index contributed by atoms with van der Waals surface area (Å²) in [5, 5.41) is 6.19. The van der Waals surface area contributed by atoms with Gasteiger partial charge in [-0.1, -0.05) is 28.4 Å². The second-order valence-corrected chi connectivity index (χ2v) is 5.31. The Morgan fingerprint density at radius 2 is 2.22 bits per heavy atom. The number of nitrogens with one attached hydrogen (secondary N) is 2. The molecule has 1 heterocycles. The number of carbonyl (C=O) groups is 1. The first kappa shape index (κ1) is 15.5. The van der Waals surface area contributed by atoms with Crippen molar-refractivity contribution in [3.63, 3.8) is 0 Å². The molecule has 0 spiro atoms. The highest BCUT2D eigenvalue weighted by atomic mass is 79.9. The van der Waals surface area contributed by atoms with E-state index in [1.54, 1.807) is 0 Å². The molecule has 1 fully saturated rings. The van der Waals surface area contributed by atoms with Gasteiger partial charge >= 0.3 is 0 Å². The maximum atomic E-state index is 12.0. The molecule has 1 saturated heterocycles. The van der Waals surface area contributed by atoms with E-state index >= 15 is 0 Å². The SMILES string of the molecule is Cc1ccc(NC(=O)C2CCCCN2)cc1Br.Cl. The van der Waals surface area contributed by atoms with Crippen molar-refractivity contribution in [1.82, 2.24) is 5.32 Å². The molecule has 3 nitrogen and oxygen atoms in total. The number of carbonyl (C=O) groups excluding carboxylic acids is 1. The number of anilines is 1. The Bertz CT molecular complexity index is 419. The number of hydrogen-bond acceptors (Lipinski definition) is 2. The van der Waals surface area contributed by atoms with Crippen LogP contribution in [0.15, 0.2) is 22.7 Å². The average molecular weight is 334 g/mol. The van der Waals surface area contributed by atoms with Gasteiger partial charge in [0.05, 0.1) is 6.04 Å². The third-order valence-electron chi connectivity index (χ3n) is 3.07. The third kappa shape index (κ3) is 3.97. The normalized spacial score (nSPS) is 18.9. The van der Waals surface area contributed by atoms with Gasteiger partial charge in [0.15, 0.2) is 0 Å². The Balaban J connectivity index is 0.00000162. The third-order valence-corrected chi connectivity index (χ3v) is 3.92. The van der Waals surface area contributed by atoms with Crippen molar-refractivity contribution in [2.45, 2.75) is 32.2 Å². The molecular weight excluding hydrogens is 316 g/mol. The van der Waals surface area contributed by atoms with Crippen molar-refractivity contribution in [3.05, 3.63) is 28.2 Å². The van der Waals surface area contributed by atoms with Crippen LogP contribution < -0.4 is 10.6 Å². The van der Waals surface area contributed by atoms with Gasteiger partial charge < -0.3 is 10.6 Å². The molecule has 100 valence electrons. The highest BCUT2D eigenvalue weighted by molar-refractivity contribution is 9.10. The van der Waals surface area contributed by atoms with E-state index in [0.29, 0.717) is 0 Å². The summed E-state index contributed by atoms with van der Waals surface area (Å²) in [6.45, 7) is 2.97. The van der Waals surface area contributed by atoms with Gasteiger partial charge in [0.1, 0.15) is 0 Å². The van der Waals surface area contributed by atoms with Crippen molar-refractivity contribution in [1.29, 1.82) is 0 Å². The Labute approximate surface area is 122 Å². The smallest absolute Gasteiger partial charge is 0.241 e. The number of halogens is 2. The highest BCUT2D eigenvalue weighted by Gasteiger charge is 2.20. The van der Waals surface area contributed by atoms with Gasteiger partial charge in [0.2, 0.25) is 5.91 Å². The second kappa shape index (κ2) is 7.12. The molecule has 18 heavy (non-hydrogen) atoms. The topological polar surface area (TPSA) is 41.1 Å². The van der Waals surface area contributed by atoms with Crippen LogP contribution in [0.1, 0.15) is 24.8 Å². The molecule has 2 N–H and O–H groups in total. The molecule has 1 aromatic carbocycles. The molecular formula is C13H18BrClN2O. The van der Waals surface area contributed by atoms with E-state index in [9.17, 15) is 4.79 Å². The fraction of sp³-hybridized carbons (Fsp3) is 0.462. The summed E-state index contributed by atoms with van der Waals surface area (Å²) < 4.78 is 1.02. The van der Waals surface area contributed by atoms with Crippen molar-refractivity contribution >= 4 is 39.9 Å². The van der Waals surface area contributed by atoms with E-state index in [-0.39, 0.29) is 24.4 Å². The maximum absolute atomic E-state index is 12.0. The van der Waals surface area contributed by atoms with Gasteiger partial charge in [-0.15, -0.1) is 12.4 Å². The lowest BCUT2D eigenvalue weighted by molar-refractivity contribution is -0.118. The number of amides is 1. The summed E-state index contributed by atoms with van der Waals surface area (Å²) in [6.07, 6.45) is 3.22. The van der Waals surface area contributed by atoms with E-state index in [0.717, 1.165) is 29.5 Å². The van der Waals surface area contributed by atoms with Gasteiger partial charge in [0.25, 0.3) is 0 Å². The number of aryl methyl sites for hydroxylation is 1. The molecule has 0 radical (unpaired) electrons. The molecule has 1 amide bonds. The van der Waals surface area contributed by atoms with Gasteiger partial charge in [-0.3, -0.25) is 4.79 Å². The maximum Gasteiger partial charge on any atom is 0.241 e. The molecule has 0 aromatic heterocycles. The van der Waals surface area contributed by atoms with Gasteiger partial charge in [0, 0.05) is 10.2 Å². The van der Waals surface area contributed by atoms with Crippen molar-refractivity contribution in [3.8, 4) is 0 Å². The first-order valence-electron chi connectivity index (χ1n) is 5.97. The Hall–Kier alpha value is -0.580. The zero-order chi connectivity index (χ0) is 12.3. The van der Waals surface area contributed by atoms with Crippen LogP contribution >= 0.6 is 28.3 Å². The zero-order valence-corrected chi connectivity index (χ0v) is 12.7. The summed E-state index contributed by atoms with van der Waals surface area (Å²) in [6, 6.07) is 5.83. The van der Waals surface area contributed by atoms with Crippen LogP contribution in [-0.4, -0.2) is 18.5 Å². The number of hydrogen-bond donors (Lipinski definition) is 2. The molecule has 5 heteroatoms. The van der Waals surface area contributed by atoms with E-state index in [2.05, 4.69) is 26.6 Å². The first-order chi connectivity index (χ1) is 8.16. The predicted octanol–water partition coefficient (Wildman–Crippen LogP) is 3.26. The summed E-state index contributed by atoms with van der Waals surface area (Å²) >= 11 is 3.47. The van der Waals surface area contributed by atoms with Crippen molar-refractivity contribution < 1.29 is 4.79 Å². The molecule has 2 rings (SSSR count). The molecule has 1 aromatic rings. The lowest BCUT2D eigenvalue weighted by atomic mass is 10.0. The van der Waals surface area contributed by atoms with Crippen LogP contribution in [0.2, 0.25) is 0 Å². The van der Waals surface area contributed by atoms with Crippen LogP contribution in [0.25, 0.3) is 0 Å². The average Bonchev–Trinajstić information content (AvgIpc) is 2.35. The lowest BCUT2D eigenvalue weighted by Gasteiger charge is -2.22. The number of rotatable bonds is 2. The monoisotopic (exact) mass is 332 g/mol. The molecule has 0 saturated carbocycles. The largest absolute Gasteiger partial charge is 0.325 e. The number of benzene rings is 1. The minimum Gasteiger partial charge on any atom is -0.325 e. The van der Waals surface area contributed by atoms with Crippen LogP contribution in [0, 0.1) is 6.92 Å². The van der Waals surface area contributed by atoms with Crippen molar-refractivity contribution in [2.24, 2.45) is 0 Å². The highest BCUT2D eigenvalue weighted by Crippen LogP contribution is 2.21. The standard InChI is InChI=1S/C13H17BrN2O.ClH/c1-9-5-6-10(8-11(9)14)16-13(17)12-4-2-3-7-15-12;/h5-6,8,12,15H,2-4,7H2,1H3,(H,16,17);1H. The van der Waals surface area contributed by atoms with Gasteiger partial charge in [-0.2, -0.15) is 0 Å². The fourth-order valence-electron chi connectivity index (χ4n) is 1.98. The Morgan fingerprint density at radius 1 is 1.44 bits per heavy atom. The van der Waals surface area contributed by atoms with Crippen LogP contribution in [0.4, 0.5) is 5.69 Å². The van der Waals surface area contributed by atoms with Crippen LogP contribution in [0.3, 0.4) is 0 Å². The molecule has 1 atom stereocenters. The summed E-state index contributed by atoms with van der Waals surface area (Å²) in [5.74, 6) is 0.0699. The minimum atomic E-state index is -0.0381. The van der Waals surface area contributed by atoms with Crippen molar-refractivity contribution in [2.75, 3.05) is 11.9 Å².